The zero-order valence-electron chi connectivity index (χ0n) is 8.40. The second kappa shape index (κ2) is 4.25. The van der Waals surface area contributed by atoms with E-state index in [4.69, 9.17) is 0 Å². The minimum atomic E-state index is -1.59. The monoisotopic (exact) mass is 229 g/mol. The number of hydrogen-bond donors (Lipinski definition) is 1. The number of Topliss-reactive ketones (excluding diaryl/α,β-unsaturated/α-hetero) is 1. The molecular formula is C11H10F3NO. The van der Waals surface area contributed by atoms with Crippen molar-refractivity contribution < 1.29 is 18.0 Å². The van der Waals surface area contributed by atoms with Gasteiger partial charge in [0.15, 0.2) is 23.2 Å². The first kappa shape index (κ1) is 11.1. The third kappa shape index (κ3) is 1.82. The first-order valence-corrected chi connectivity index (χ1v) is 5.02. The van der Waals surface area contributed by atoms with E-state index < -0.39 is 34.8 Å². The van der Waals surface area contributed by atoms with Crippen molar-refractivity contribution in [2.24, 2.45) is 0 Å². The van der Waals surface area contributed by atoms with Crippen LogP contribution in [0.25, 0.3) is 0 Å². The highest BCUT2D eigenvalue weighted by molar-refractivity contribution is 6.00. The molecule has 1 saturated heterocycles. The molecule has 1 aliphatic rings. The lowest BCUT2D eigenvalue weighted by molar-refractivity contribution is 0.0947. The van der Waals surface area contributed by atoms with Crippen molar-refractivity contribution in [2.75, 3.05) is 6.54 Å². The van der Waals surface area contributed by atoms with Crippen LogP contribution in [0.3, 0.4) is 0 Å². The van der Waals surface area contributed by atoms with Gasteiger partial charge < -0.3 is 5.32 Å². The van der Waals surface area contributed by atoms with E-state index in [-0.39, 0.29) is 0 Å². The first-order chi connectivity index (χ1) is 7.61. The molecule has 5 heteroatoms. The number of rotatable bonds is 2. The van der Waals surface area contributed by atoms with Crippen molar-refractivity contribution in [3.05, 3.63) is 35.1 Å². The first-order valence-electron chi connectivity index (χ1n) is 5.02. The standard InChI is InChI=1S/C11H10F3NO/c12-7-4-3-6(9(13)10(7)14)11(16)8-2-1-5-15-8/h3-4,8,15H,1-2,5H2. The molecule has 0 amide bonds. The summed E-state index contributed by atoms with van der Waals surface area (Å²) in [5.41, 5.74) is -0.390. The van der Waals surface area contributed by atoms with Gasteiger partial charge in [-0.2, -0.15) is 0 Å². The average molecular weight is 229 g/mol. The van der Waals surface area contributed by atoms with Crippen LogP contribution in [0.2, 0.25) is 0 Å². The van der Waals surface area contributed by atoms with Crippen molar-refractivity contribution in [1.82, 2.24) is 5.32 Å². The maximum atomic E-state index is 13.3. The second-order valence-electron chi connectivity index (χ2n) is 3.74. The van der Waals surface area contributed by atoms with Gasteiger partial charge in [0.05, 0.1) is 11.6 Å². The fraction of sp³-hybridized carbons (Fsp3) is 0.364. The van der Waals surface area contributed by atoms with Gasteiger partial charge in [-0.25, -0.2) is 13.2 Å². The minimum absolute atomic E-state index is 0.390. The molecule has 1 aromatic rings. The molecule has 0 aliphatic carbocycles. The van der Waals surface area contributed by atoms with Gasteiger partial charge in [0.25, 0.3) is 0 Å². The molecule has 1 heterocycles. The van der Waals surface area contributed by atoms with Crippen LogP contribution < -0.4 is 5.32 Å². The van der Waals surface area contributed by atoms with E-state index in [2.05, 4.69) is 5.32 Å². The molecule has 1 N–H and O–H groups in total. The van der Waals surface area contributed by atoms with Crippen LogP contribution in [-0.2, 0) is 0 Å². The SMILES string of the molecule is O=C(c1ccc(F)c(F)c1F)C1CCCN1. The highest BCUT2D eigenvalue weighted by atomic mass is 19.2. The maximum absolute atomic E-state index is 13.3. The summed E-state index contributed by atoms with van der Waals surface area (Å²) >= 11 is 0. The van der Waals surface area contributed by atoms with Crippen molar-refractivity contribution in [1.29, 1.82) is 0 Å². The molecule has 1 aliphatic heterocycles. The molecule has 2 nitrogen and oxygen atoms in total. The number of ketones is 1. The molecule has 1 unspecified atom stereocenters. The lowest BCUT2D eigenvalue weighted by Crippen LogP contribution is -2.31. The molecule has 0 spiro atoms. The van der Waals surface area contributed by atoms with E-state index in [1.54, 1.807) is 0 Å². The molecular weight excluding hydrogens is 219 g/mol. The van der Waals surface area contributed by atoms with E-state index in [1.165, 1.54) is 0 Å². The molecule has 1 fully saturated rings. The number of benzene rings is 1. The van der Waals surface area contributed by atoms with E-state index in [1.807, 2.05) is 0 Å². The van der Waals surface area contributed by atoms with Crippen molar-refractivity contribution in [2.45, 2.75) is 18.9 Å². The van der Waals surface area contributed by atoms with Crippen molar-refractivity contribution in [3.63, 3.8) is 0 Å². The van der Waals surface area contributed by atoms with Gasteiger partial charge in [0, 0.05) is 0 Å². The highest BCUT2D eigenvalue weighted by Gasteiger charge is 2.27. The fourth-order valence-corrected chi connectivity index (χ4v) is 1.81. The molecule has 16 heavy (non-hydrogen) atoms. The summed E-state index contributed by atoms with van der Waals surface area (Å²) in [4.78, 5) is 11.7. The Hall–Kier alpha value is -1.36. The van der Waals surface area contributed by atoms with Crippen LogP contribution in [0.15, 0.2) is 12.1 Å². The quantitative estimate of drug-likeness (QED) is 0.621. The van der Waals surface area contributed by atoms with Crippen molar-refractivity contribution in [3.8, 4) is 0 Å². The summed E-state index contributed by atoms with van der Waals surface area (Å²) in [6.07, 6.45) is 1.42. The summed E-state index contributed by atoms with van der Waals surface area (Å²) in [5, 5.41) is 2.88. The van der Waals surface area contributed by atoms with Crippen molar-refractivity contribution >= 4 is 5.78 Å². The number of carbonyl (C=O) groups excluding carboxylic acids is 1. The van der Waals surface area contributed by atoms with E-state index in [9.17, 15) is 18.0 Å². The Morgan fingerprint density at radius 3 is 2.62 bits per heavy atom. The Balaban J connectivity index is 2.33. The van der Waals surface area contributed by atoms with Crippen LogP contribution in [0.5, 0.6) is 0 Å². The largest absolute Gasteiger partial charge is 0.307 e. The van der Waals surface area contributed by atoms with Gasteiger partial charge in [-0.1, -0.05) is 0 Å². The molecule has 0 saturated carbocycles. The zero-order chi connectivity index (χ0) is 11.7. The van der Waals surface area contributed by atoms with Crippen LogP contribution >= 0.6 is 0 Å². The third-order valence-corrected chi connectivity index (χ3v) is 2.68. The topological polar surface area (TPSA) is 29.1 Å². The van der Waals surface area contributed by atoms with Crippen LogP contribution in [0.1, 0.15) is 23.2 Å². The molecule has 0 bridgehead atoms. The van der Waals surface area contributed by atoms with Gasteiger partial charge in [-0.05, 0) is 31.5 Å². The smallest absolute Gasteiger partial charge is 0.195 e. The molecule has 1 atom stereocenters. The molecule has 1 aromatic carbocycles. The lowest BCUT2D eigenvalue weighted by atomic mass is 10.0. The zero-order valence-corrected chi connectivity index (χ0v) is 8.40. The van der Waals surface area contributed by atoms with Gasteiger partial charge in [-0.15, -0.1) is 0 Å². The molecule has 0 radical (unpaired) electrons. The Morgan fingerprint density at radius 2 is 2.00 bits per heavy atom. The van der Waals surface area contributed by atoms with E-state index in [0.717, 1.165) is 18.6 Å². The van der Waals surface area contributed by atoms with Crippen LogP contribution in [0.4, 0.5) is 13.2 Å². The normalized spacial score (nSPS) is 20.1. The maximum Gasteiger partial charge on any atom is 0.195 e. The highest BCUT2D eigenvalue weighted by Crippen LogP contribution is 2.19. The van der Waals surface area contributed by atoms with Crippen LogP contribution in [-0.4, -0.2) is 18.4 Å². The Bertz CT molecular complexity index is 427. The molecule has 2 rings (SSSR count). The predicted octanol–water partition coefficient (Wildman–Crippen LogP) is 2.04. The van der Waals surface area contributed by atoms with Gasteiger partial charge in [0.1, 0.15) is 0 Å². The second-order valence-corrected chi connectivity index (χ2v) is 3.74. The van der Waals surface area contributed by atoms with Gasteiger partial charge >= 0.3 is 0 Å². The van der Waals surface area contributed by atoms with E-state index in [0.29, 0.717) is 13.0 Å². The Morgan fingerprint density at radius 1 is 1.25 bits per heavy atom. The number of halogens is 3. The lowest BCUT2D eigenvalue weighted by Gasteiger charge is -2.10. The Labute approximate surface area is 90.5 Å². The third-order valence-electron chi connectivity index (χ3n) is 2.68. The molecule has 0 aromatic heterocycles. The summed E-state index contributed by atoms with van der Waals surface area (Å²) in [6, 6.07) is 1.26. The Kier molecular flexibility index (Phi) is 2.96. The number of hydrogen-bond acceptors (Lipinski definition) is 2. The summed E-state index contributed by atoms with van der Waals surface area (Å²) in [7, 11) is 0. The van der Waals surface area contributed by atoms with Gasteiger partial charge in [-0.3, -0.25) is 4.79 Å². The number of carbonyl (C=O) groups is 1. The number of nitrogens with one attached hydrogen (secondary N) is 1. The fourth-order valence-electron chi connectivity index (χ4n) is 1.81. The van der Waals surface area contributed by atoms with E-state index >= 15 is 0 Å². The summed E-state index contributed by atoms with van der Waals surface area (Å²) in [6.45, 7) is 0.682. The summed E-state index contributed by atoms with van der Waals surface area (Å²) < 4.78 is 38.9. The molecule has 86 valence electrons. The average Bonchev–Trinajstić information content (AvgIpc) is 2.79. The van der Waals surface area contributed by atoms with Gasteiger partial charge in [0.2, 0.25) is 0 Å². The summed E-state index contributed by atoms with van der Waals surface area (Å²) in [5.74, 6) is -4.80. The predicted molar refractivity (Wildman–Crippen MR) is 51.7 cm³/mol. The van der Waals surface area contributed by atoms with Crippen LogP contribution in [0, 0.1) is 17.5 Å². The minimum Gasteiger partial charge on any atom is -0.307 e.